The van der Waals surface area contributed by atoms with Gasteiger partial charge in [0.15, 0.2) is 11.6 Å². The number of hydrogen-bond donors (Lipinski definition) is 3. The zero-order valence-corrected chi connectivity index (χ0v) is 28.5. The monoisotopic (exact) mass is 723 g/mol. The van der Waals surface area contributed by atoms with Crippen LogP contribution >= 0.6 is 27.5 Å². The molecule has 0 bridgehead atoms. The standard InChI is InChI=1S/C39H35BrClN3O4/c40-33-19-11-27(12-20-33)25-39(38(46)44-42-26-32-9-4-5-10-35(32)41)36(30-15-13-29(14-16-30)28-7-2-1-3-8-28)48-37(43-39)31-17-21-34(22-18-31)47-24-6-23-45/h1-5,7-22,36,42,45H,6,23-26H2,(H,44,46)/t36-,39-/m0/s1. The van der Waals surface area contributed by atoms with Gasteiger partial charge in [-0.15, -0.1) is 0 Å². The Kier molecular flexibility index (Phi) is 10.9. The lowest BCUT2D eigenvalue weighted by Crippen LogP contribution is -2.53. The molecule has 9 heteroatoms. The maximum atomic E-state index is 14.5. The molecule has 0 aromatic heterocycles. The van der Waals surface area contributed by atoms with Gasteiger partial charge in [-0.2, -0.15) is 0 Å². The third-order valence-electron chi connectivity index (χ3n) is 8.18. The summed E-state index contributed by atoms with van der Waals surface area (Å²) in [6.45, 7) is 0.795. The van der Waals surface area contributed by atoms with Gasteiger partial charge >= 0.3 is 0 Å². The van der Waals surface area contributed by atoms with E-state index in [4.69, 9.17) is 31.2 Å². The molecule has 3 N–H and O–H groups in total. The molecule has 1 amide bonds. The van der Waals surface area contributed by atoms with Crippen LogP contribution in [0.25, 0.3) is 11.1 Å². The number of rotatable bonds is 13. The molecule has 5 aromatic rings. The number of hydrogen-bond acceptors (Lipinski definition) is 6. The predicted octanol–water partition coefficient (Wildman–Crippen LogP) is 7.85. The second-order valence-electron chi connectivity index (χ2n) is 11.5. The Morgan fingerprint density at radius 2 is 1.52 bits per heavy atom. The molecule has 0 radical (unpaired) electrons. The molecule has 0 fully saturated rings. The SMILES string of the molecule is O=C(NNCc1ccccc1Cl)[C@@]1(Cc2ccc(Br)cc2)N=C(c2ccc(OCCCO)cc2)O[C@H]1c1ccc(-c2ccccc2)cc1. The molecule has 0 saturated carbocycles. The summed E-state index contributed by atoms with van der Waals surface area (Å²) in [5, 5.41) is 9.71. The Balaban J connectivity index is 1.38. The summed E-state index contributed by atoms with van der Waals surface area (Å²) in [5.74, 6) is 0.683. The fourth-order valence-electron chi connectivity index (χ4n) is 5.65. The van der Waals surface area contributed by atoms with Crippen molar-refractivity contribution in [2.75, 3.05) is 13.2 Å². The van der Waals surface area contributed by atoms with Gasteiger partial charge in [-0.05, 0) is 70.3 Å². The van der Waals surface area contributed by atoms with Crippen LogP contribution in [0.15, 0.2) is 137 Å². The van der Waals surface area contributed by atoms with E-state index >= 15 is 0 Å². The topological polar surface area (TPSA) is 92.2 Å². The van der Waals surface area contributed by atoms with Crippen molar-refractivity contribution in [1.29, 1.82) is 0 Å². The number of aliphatic hydroxyl groups is 1. The number of amides is 1. The zero-order valence-electron chi connectivity index (χ0n) is 26.1. The van der Waals surface area contributed by atoms with Gasteiger partial charge in [0.2, 0.25) is 5.90 Å². The van der Waals surface area contributed by atoms with Gasteiger partial charge in [0.25, 0.3) is 5.91 Å². The van der Waals surface area contributed by atoms with Gasteiger partial charge in [0.05, 0.1) is 6.61 Å². The number of carbonyl (C=O) groups excluding carboxylic acids is 1. The average Bonchev–Trinajstić information content (AvgIpc) is 3.51. The molecule has 0 unspecified atom stereocenters. The number of halogens is 2. The number of aliphatic hydroxyl groups excluding tert-OH is 1. The predicted molar refractivity (Wildman–Crippen MR) is 193 cm³/mol. The van der Waals surface area contributed by atoms with Crippen molar-refractivity contribution in [2.45, 2.75) is 31.0 Å². The smallest absolute Gasteiger partial charge is 0.266 e. The normalized spacial score (nSPS) is 17.0. The molecule has 7 nitrogen and oxygen atoms in total. The number of nitrogens with one attached hydrogen (secondary N) is 2. The highest BCUT2D eigenvalue weighted by molar-refractivity contribution is 9.10. The van der Waals surface area contributed by atoms with Crippen LogP contribution in [-0.2, 0) is 22.5 Å². The maximum absolute atomic E-state index is 14.5. The molecule has 1 aliphatic heterocycles. The van der Waals surface area contributed by atoms with Gasteiger partial charge in [-0.1, -0.05) is 112 Å². The first-order valence-corrected chi connectivity index (χ1v) is 16.9. The molecule has 48 heavy (non-hydrogen) atoms. The van der Waals surface area contributed by atoms with E-state index in [1.807, 2.05) is 115 Å². The van der Waals surface area contributed by atoms with E-state index in [9.17, 15) is 4.79 Å². The maximum Gasteiger partial charge on any atom is 0.266 e. The van der Waals surface area contributed by atoms with Crippen LogP contribution in [-0.4, -0.2) is 35.7 Å². The van der Waals surface area contributed by atoms with Crippen molar-refractivity contribution in [3.05, 3.63) is 159 Å². The second-order valence-corrected chi connectivity index (χ2v) is 12.8. The number of hydrazine groups is 1. The first kappa shape index (κ1) is 33.4. The molecule has 1 aliphatic rings. The third kappa shape index (κ3) is 7.80. The fourth-order valence-corrected chi connectivity index (χ4v) is 6.11. The van der Waals surface area contributed by atoms with Gasteiger partial charge in [-0.3, -0.25) is 10.2 Å². The Labute approximate surface area is 293 Å². The van der Waals surface area contributed by atoms with Gasteiger partial charge in [0.1, 0.15) is 5.75 Å². The molecule has 6 rings (SSSR count). The van der Waals surface area contributed by atoms with Crippen molar-refractivity contribution in [3.63, 3.8) is 0 Å². The molecule has 0 saturated heterocycles. The van der Waals surface area contributed by atoms with E-state index in [1.54, 1.807) is 0 Å². The first-order valence-electron chi connectivity index (χ1n) is 15.7. The van der Waals surface area contributed by atoms with Crippen molar-refractivity contribution in [3.8, 4) is 16.9 Å². The van der Waals surface area contributed by atoms with Crippen LogP contribution in [0, 0.1) is 0 Å². The van der Waals surface area contributed by atoms with E-state index in [0.29, 0.717) is 41.8 Å². The molecule has 0 aliphatic carbocycles. The molecule has 1 heterocycles. The van der Waals surface area contributed by atoms with Crippen LogP contribution in [0.2, 0.25) is 5.02 Å². The summed E-state index contributed by atoms with van der Waals surface area (Å²) in [6, 6.07) is 41.0. The van der Waals surface area contributed by atoms with Gasteiger partial charge in [0, 0.05) is 41.1 Å². The van der Waals surface area contributed by atoms with E-state index in [1.165, 1.54) is 0 Å². The minimum atomic E-state index is -1.37. The van der Waals surface area contributed by atoms with Crippen molar-refractivity contribution in [1.82, 2.24) is 10.9 Å². The largest absolute Gasteiger partial charge is 0.494 e. The van der Waals surface area contributed by atoms with Crippen LogP contribution in [0.1, 0.15) is 34.8 Å². The average molecular weight is 725 g/mol. The third-order valence-corrected chi connectivity index (χ3v) is 9.07. The Hall–Kier alpha value is -4.47. The van der Waals surface area contributed by atoms with Crippen LogP contribution < -0.4 is 15.6 Å². The van der Waals surface area contributed by atoms with Gasteiger partial charge in [-0.25, -0.2) is 10.4 Å². The Morgan fingerprint density at radius 1 is 0.854 bits per heavy atom. The Bertz CT molecular complexity index is 1850. The lowest BCUT2D eigenvalue weighted by molar-refractivity contribution is -0.130. The summed E-state index contributed by atoms with van der Waals surface area (Å²) in [4.78, 5) is 19.6. The number of nitrogens with zero attached hydrogens (tertiary/aromatic N) is 1. The highest BCUT2D eigenvalue weighted by atomic mass is 79.9. The number of carbonyl (C=O) groups is 1. The molecule has 244 valence electrons. The van der Waals surface area contributed by atoms with E-state index in [-0.39, 0.29) is 18.9 Å². The molecule has 2 atom stereocenters. The van der Waals surface area contributed by atoms with Crippen molar-refractivity contribution < 1.29 is 19.4 Å². The summed E-state index contributed by atoms with van der Waals surface area (Å²) < 4.78 is 13.4. The number of aliphatic imine (C=N–C) groups is 1. The highest BCUT2D eigenvalue weighted by Gasteiger charge is 2.53. The minimum absolute atomic E-state index is 0.0617. The minimum Gasteiger partial charge on any atom is -0.494 e. The highest BCUT2D eigenvalue weighted by Crippen LogP contribution is 2.43. The zero-order chi connectivity index (χ0) is 33.3. The summed E-state index contributed by atoms with van der Waals surface area (Å²) in [7, 11) is 0. The lowest BCUT2D eigenvalue weighted by atomic mass is 9.82. The van der Waals surface area contributed by atoms with Crippen LogP contribution in [0.3, 0.4) is 0 Å². The Morgan fingerprint density at radius 3 is 2.23 bits per heavy atom. The molecular formula is C39H35BrClN3O4. The molecule has 0 spiro atoms. The first-order chi connectivity index (χ1) is 23.4. The fraction of sp³-hybridized carbons (Fsp3) is 0.179. The van der Waals surface area contributed by atoms with E-state index in [2.05, 4.69) is 38.9 Å². The van der Waals surface area contributed by atoms with E-state index in [0.717, 1.165) is 32.3 Å². The summed E-state index contributed by atoms with van der Waals surface area (Å²) in [5.41, 5.74) is 10.1. The second kappa shape index (κ2) is 15.6. The lowest BCUT2D eigenvalue weighted by Gasteiger charge is -2.31. The quantitative estimate of drug-likeness (QED) is 0.0850. The van der Waals surface area contributed by atoms with E-state index < -0.39 is 11.6 Å². The van der Waals surface area contributed by atoms with Gasteiger partial charge < -0.3 is 14.6 Å². The number of ether oxygens (including phenoxy) is 2. The van der Waals surface area contributed by atoms with Crippen LogP contribution in [0.5, 0.6) is 5.75 Å². The van der Waals surface area contributed by atoms with Crippen molar-refractivity contribution in [2.24, 2.45) is 4.99 Å². The molecular weight excluding hydrogens is 690 g/mol. The summed E-state index contributed by atoms with van der Waals surface area (Å²) in [6.07, 6.45) is 0.0701. The molecule has 5 aromatic carbocycles. The van der Waals surface area contributed by atoms with Crippen LogP contribution in [0.4, 0.5) is 0 Å². The van der Waals surface area contributed by atoms with Crippen molar-refractivity contribution >= 4 is 39.3 Å². The summed E-state index contributed by atoms with van der Waals surface area (Å²) >= 11 is 9.92. The number of benzene rings is 5.